The molecule has 11 unspecified atom stereocenters. The van der Waals surface area contributed by atoms with Crippen molar-refractivity contribution in [2.75, 3.05) is 70.8 Å². The maximum atomic E-state index is 8.30. The molecule has 15 heteroatoms. The number of rotatable bonds is 24. The van der Waals surface area contributed by atoms with Crippen LogP contribution in [0.1, 0.15) is 154 Å². The second-order valence-corrected chi connectivity index (χ2v) is 34.1. The molecule has 4 saturated carbocycles. The Hall–Kier alpha value is -3.26. The fourth-order valence-electron chi connectivity index (χ4n) is 23.0. The quantitative estimate of drug-likeness (QED) is 0.0353. The number of hydrogen-bond donors (Lipinski definition) is 6. The number of benzene rings is 3. The second kappa shape index (κ2) is 27.6. The molecule has 6 saturated heterocycles. The van der Waals surface area contributed by atoms with E-state index in [2.05, 4.69) is 187 Å². The lowest BCUT2D eigenvalue weighted by Crippen LogP contribution is -2.98. The molecular formula is C77H103N7O4S4. The van der Waals surface area contributed by atoms with Gasteiger partial charge in [0.25, 0.3) is 0 Å². The summed E-state index contributed by atoms with van der Waals surface area (Å²) < 4.78 is 24.0. The summed E-state index contributed by atoms with van der Waals surface area (Å²) in [7, 11) is 0. The summed E-state index contributed by atoms with van der Waals surface area (Å²) in [5.74, 6) is 4.78. The van der Waals surface area contributed by atoms with Gasteiger partial charge in [0.05, 0.1) is 47.2 Å². The lowest BCUT2D eigenvalue weighted by atomic mass is 9.22. The van der Waals surface area contributed by atoms with Crippen molar-refractivity contribution in [3.63, 3.8) is 0 Å². The normalized spacial score (nSPS) is 34.6. The van der Waals surface area contributed by atoms with E-state index in [4.69, 9.17) is 19.0 Å². The zero-order valence-corrected chi connectivity index (χ0v) is 57.7. The van der Waals surface area contributed by atoms with E-state index in [-0.39, 0.29) is 46.0 Å². The smallest absolute Gasteiger partial charge is 0.143 e. The highest BCUT2D eigenvalue weighted by Gasteiger charge is 2.94. The molecule has 9 heterocycles. The number of para-hydroxylation sites is 1. The van der Waals surface area contributed by atoms with Crippen LogP contribution in [-0.4, -0.2) is 116 Å². The molecule has 92 heavy (non-hydrogen) atoms. The summed E-state index contributed by atoms with van der Waals surface area (Å²) in [4.78, 5) is 13.4. The third-order valence-corrected chi connectivity index (χ3v) is 30.0. The Bertz CT molecular complexity index is 3190. The molecule has 6 N–H and O–H groups in total. The number of nitrogens with one attached hydrogen (secondary N) is 6. The average molecular weight is 1320 g/mol. The predicted molar refractivity (Wildman–Crippen MR) is 378 cm³/mol. The molecular weight excluding hydrogens is 1220 g/mol. The van der Waals surface area contributed by atoms with Gasteiger partial charge in [-0.1, -0.05) is 123 Å². The van der Waals surface area contributed by atoms with Crippen molar-refractivity contribution >= 4 is 46.2 Å². The van der Waals surface area contributed by atoms with Crippen LogP contribution in [0, 0.1) is 39.9 Å². The maximum Gasteiger partial charge on any atom is 0.143 e. The van der Waals surface area contributed by atoms with Crippen molar-refractivity contribution in [1.82, 2.24) is 37.0 Å². The number of thiophene rings is 2. The number of likely N-dealkylation sites (tertiary alicyclic amines) is 1. The average Bonchev–Trinajstić information content (AvgIpc) is 1.10. The van der Waals surface area contributed by atoms with E-state index in [9.17, 15) is 0 Å². The molecule has 10 fully saturated rings. The van der Waals surface area contributed by atoms with Crippen LogP contribution >= 0.6 is 46.2 Å². The first-order valence-corrected chi connectivity index (χ1v) is 40.3. The summed E-state index contributed by atoms with van der Waals surface area (Å²) in [6.07, 6.45) is 27.8. The van der Waals surface area contributed by atoms with Gasteiger partial charge in [-0.3, -0.25) is 31.2 Å². The molecule has 0 amide bonds. The standard InChI is InChI=1S/C77H103N7O4S4/c1-4-19-55(20-5-1)64(66-33-14-15-44-85-66)52-72(51-63-31-18-48-90-63,65-32-13-10-21-56(65)34-37-62-30-17-47-89-62)73(53-68-78-42-49-91-68)74(58-24-11-12-25-58,57-22-6-2-7-23-57)75(60-35-36-60,59-26-16-27-59)76(67-38-45-88-83-67,70-81-41-46-86-70)77(69-79-39-40-80-69,71-82-43-50-92-71)84(73)54-87-61-28-8-3-9-29-61/h1,3-5,8-10,13,17-21,28-32,38,47-48,57-60,64,66,68-71,78-83H,2,6-7,11-12,14-16,22-27,33-37,39-46,49-54H2. The summed E-state index contributed by atoms with van der Waals surface area (Å²) in [5.41, 5.74) is 6.33. The van der Waals surface area contributed by atoms with Gasteiger partial charge in [0, 0.05) is 94.0 Å². The molecule has 11 nitrogen and oxygen atoms in total. The molecule has 4 aliphatic carbocycles. The number of hydrogen-bond acceptors (Lipinski definition) is 15. The first-order valence-electron chi connectivity index (χ1n) is 36.4. The molecule has 11 aliphatic rings. The Morgan fingerprint density at radius 1 is 0.587 bits per heavy atom. The molecule has 3 aromatic carbocycles. The van der Waals surface area contributed by atoms with Gasteiger partial charge in [0.2, 0.25) is 0 Å². The fraction of sp³-hybridized carbons (Fsp3) is 0.636. The van der Waals surface area contributed by atoms with Crippen LogP contribution in [0.5, 0.6) is 5.75 Å². The molecule has 0 radical (unpaired) electrons. The van der Waals surface area contributed by atoms with Gasteiger partial charge in [-0.2, -0.15) is 0 Å². The van der Waals surface area contributed by atoms with E-state index in [1.54, 1.807) is 5.56 Å². The highest BCUT2D eigenvalue weighted by Crippen LogP contribution is 2.89. The number of ether oxygens (including phenoxy) is 3. The van der Waals surface area contributed by atoms with Crippen molar-refractivity contribution in [2.45, 2.75) is 193 Å². The predicted octanol–water partition coefficient (Wildman–Crippen LogP) is 14.2. The van der Waals surface area contributed by atoms with Crippen LogP contribution in [0.2, 0.25) is 0 Å². The van der Waals surface area contributed by atoms with Gasteiger partial charge >= 0.3 is 0 Å². The third kappa shape index (κ3) is 10.3. The van der Waals surface area contributed by atoms with Crippen LogP contribution in [0.3, 0.4) is 0 Å². The van der Waals surface area contributed by atoms with Crippen LogP contribution in [0.15, 0.2) is 132 Å². The van der Waals surface area contributed by atoms with Crippen molar-refractivity contribution in [2.24, 2.45) is 39.9 Å². The van der Waals surface area contributed by atoms with E-state index >= 15 is 0 Å². The minimum Gasteiger partial charge on any atom is -0.478 e. The van der Waals surface area contributed by atoms with Gasteiger partial charge in [-0.15, -0.1) is 46.2 Å². The molecule has 5 aromatic rings. The van der Waals surface area contributed by atoms with E-state index in [1.807, 2.05) is 22.7 Å². The van der Waals surface area contributed by atoms with Crippen molar-refractivity contribution in [3.8, 4) is 5.75 Å². The topological polar surface area (TPSA) is 112 Å². The van der Waals surface area contributed by atoms with E-state index < -0.39 is 21.9 Å². The summed E-state index contributed by atoms with van der Waals surface area (Å²) in [6, 6.07) is 43.2. The maximum absolute atomic E-state index is 8.30. The highest BCUT2D eigenvalue weighted by molar-refractivity contribution is 8.00. The van der Waals surface area contributed by atoms with E-state index in [0.717, 1.165) is 102 Å². The number of thioether (sulfide) groups is 2. The molecule has 7 aliphatic heterocycles. The zero-order valence-electron chi connectivity index (χ0n) is 54.4. The monoisotopic (exact) mass is 1320 g/mol. The molecule has 494 valence electrons. The zero-order chi connectivity index (χ0) is 61.5. The highest BCUT2D eigenvalue weighted by atomic mass is 32.2. The number of piperidine rings is 1. The Kier molecular flexibility index (Phi) is 19.0. The first kappa shape index (κ1) is 63.5. The number of hydroxylamine groups is 1. The van der Waals surface area contributed by atoms with Gasteiger partial charge < -0.3 is 24.8 Å². The third-order valence-electron chi connectivity index (χ3n) is 25.7. The summed E-state index contributed by atoms with van der Waals surface area (Å²) in [6.45, 7) is 6.90. The summed E-state index contributed by atoms with van der Waals surface area (Å²) in [5, 5.41) is 27.6. The number of aryl methyl sites for hydroxylation is 2. The lowest BCUT2D eigenvalue weighted by Gasteiger charge is -2.88. The van der Waals surface area contributed by atoms with Gasteiger partial charge in [0.15, 0.2) is 0 Å². The van der Waals surface area contributed by atoms with Gasteiger partial charge in [-0.05, 0) is 184 Å². The molecule has 16 rings (SSSR count). The van der Waals surface area contributed by atoms with Crippen molar-refractivity contribution in [1.29, 1.82) is 0 Å². The molecule has 0 spiro atoms. The Morgan fingerprint density at radius 2 is 1.27 bits per heavy atom. The van der Waals surface area contributed by atoms with Crippen LogP contribution in [-0.2, 0) is 39.0 Å². The van der Waals surface area contributed by atoms with Crippen LogP contribution < -0.4 is 36.8 Å². The van der Waals surface area contributed by atoms with Crippen LogP contribution in [0.4, 0.5) is 0 Å². The van der Waals surface area contributed by atoms with E-state index in [1.165, 1.54) is 123 Å². The van der Waals surface area contributed by atoms with Crippen molar-refractivity contribution in [3.05, 3.63) is 158 Å². The van der Waals surface area contributed by atoms with Gasteiger partial charge in [-0.25, -0.2) is 0 Å². The first-order chi connectivity index (χ1) is 45.6. The Labute approximate surface area is 566 Å². The van der Waals surface area contributed by atoms with E-state index in [0.29, 0.717) is 43.6 Å². The number of nitrogens with zero attached hydrogens (tertiary/aromatic N) is 1. The summed E-state index contributed by atoms with van der Waals surface area (Å²) >= 11 is 8.43. The van der Waals surface area contributed by atoms with Gasteiger partial charge in [0.1, 0.15) is 18.7 Å². The van der Waals surface area contributed by atoms with Crippen LogP contribution in [0.25, 0.3) is 0 Å². The molecule has 2 aromatic heterocycles. The SMILES string of the molecule is C1=C(C2(C3NCCO3)C(C3NCCN3)(C3NCCS3)N(COc3ccccc3)C(CC3NCCS3)(C(Cc3cccs3)(CC(c3ccccc3)C3CCCCO3)c3ccccc3CCc3cccs3)C(C3CCCCC3)(C3CCCC3)C2(C2CCC2)C2CC2)NOC1. The lowest BCUT2D eigenvalue weighted by molar-refractivity contribution is -0.400. The Balaban J connectivity index is 1.17. The largest absolute Gasteiger partial charge is 0.478 e. The second-order valence-electron chi connectivity index (χ2n) is 29.5. The minimum atomic E-state index is -0.831. The van der Waals surface area contributed by atoms with Crippen molar-refractivity contribution < 1.29 is 19.0 Å². The molecule has 11 atom stereocenters. The Morgan fingerprint density at radius 3 is 1.91 bits per heavy atom. The fourth-order valence-corrected chi connectivity index (χ4v) is 27.1. The molecule has 0 bridgehead atoms. The minimum absolute atomic E-state index is 0.0475.